The number of benzene rings is 1. The highest BCUT2D eigenvalue weighted by molar-refractivity contribution is 5.97. The van der Waals surface area contributed by atoms with Gasteiger partial charge in [-0.3, -0.25) is 4.79 Å². The smallest absolute Gasteiger partial charge is 0.266 e. The van der Waals surface area contributed by atoms with Crippen molar-refractivity contribution in [3.63, 3.8) is 0 Å². The van der Waals surface area contributed by atoms with Crippen LogP contribution >= 0.6 is 0 Å². The van der Waals surface area contributed by atoms with Crippen LogP contribution in [0.4, 0.5) is 0 Å². The maximum Gasteiger partial charge on any atom is 0.266 e. The molecule has 7 nitrogen and oxygen atoms in total. The number of morpholine rings is 1. The Morgan fingerprint density at radius 3 is 2.52 bits per heavy atom. The summed E-state index contributed by atoms with van der Waals surface area (Å²) < 4.78 is 16.9. The summed E-state index contributed by atoms with van der Waals surface area (Å²) in [5.41, 5.74) is 1.19. The van der Waals surface area contributed by atoms with Gasteiger partial charge < -0.3 is 24.4 Å². The summed E-state index contributed by atoms with van der Waals surface area (Å²) in [6, 6.07) is 7.87. The van der Waals surface area contributed by atoms with Crippen LogP contribution in [0.25, 0.3) is 0 Å². The zero-order valence-electron chi connectivity index (χ0n) is 17.7. The molecule has 7 heteroatoms. The Balaban J connectivity index is 1.93. The molecule has 2 rings (SSSR count). The average Bonchev–Trinajstić information content (AvgIpc) is 2.69. The Labute approximate surface area is 173 Å². The van der Waals surface area contributed by atoms with Gasteiger partial charge in [0.1, 0.15) is 11.6 Å². The lowest BCUT2D eigenvalue weighted by atomic mass is 10.1. The second-order valence-electron chi connectivity index (χ2n) is 6.99. The summed E-state index contributed by atoms with van der Waals surface area (Å²) in [5.74, 6) is 1.20. The van der Waals surface area contributed by atoms with E-state index in [0.717, 1.165) is 23.5 Å². The van der Waals surface area contributed by atoms with Crippen molar-refractivity contribution in [3.05, 3.63) is 35.5 Å². The van der Waals surface area contributed by atoms with Gasteiger partial charge in [0.25, 0.3) is 5.91 Å². The van der Waals surface area contributed by atoms with Crippen molar-refractivity contribution in [2.75, 3.05) is 32.8 Å². The summed E-state index contributed by atoms with van der Waals surface area (Å²) in [5, 5.41) is 12.5. The highest BCUT2D eigenvalue weighted by Gasteiger charge is 2.27. The van der Waals surface area contributed by atoms with Crippen molar-refractivity contribution >= 4 is 5.91 Å². The zero-order chi connectivity index (χ0) is 21.2. The van der Waals surface area contributed by atoms with E-state index in [2.05, 4.69) is 5.32 Å². The third kappa shape index (κ3) is 6.68. The summed E-state index contributed by atoms with van der Waals surface area (Å²) in [6.45, 7) is 10.5. The van der Waals surface area contributed by atoms with Gasteiger partial charge in [-0.2, -0.15) is 5.26 Å². The third-order valence-electron chi connectivity index (χ3n) is 4.47. The first-order valence-corrected chi connectivity index (χ1v) is 10.1. The van der Waals surface area contributed by atoms with E-state index in [0.29, 0.717) is 32.8 Å². The van der Waals surface area contributed by atoms with Gasteiger partial charge in [-0.25, -0.2) is 0 Å². The van der Waals surface area contributed by atoms with Crippen LogP contribution in [0.2, 0.25) is 0 Å². The van der Waals surface area contributed by atoms with Crippen LogP contribution in [0.1, 0.15) is 33.3 Å². The SMILES string of the molecule is CCOc1ccc(CCN/C=C(/C#N)C(=O)N2CC(C)OC(C)C2)cc1OCC. The molecule has 0 bridgehead atoms. The Kier molecular flexibility index (Phi) is 8.81. The molecule has 2 atom stereocenters. The fourth-order valence-electron chi connectivity index (χ4n) is 3.30. The fourth-order valence-corrected chi connectivity index (χ4v) is 3.30. The van der Waals surface area contributed by atoms with Gasteiger partial charge >= 0.3 is 0 Å². The number of carbonyl (C=O) groups excluding carboxylic acids is 1. The van der Waals surface area contributed by atoms with Gasteiger partial charge in [-0.15, -0.1) is 0 Å². The van der Waals surface area contributed by atoms with Gasteiger partial charge in [0, 0.05) is 25.8 Å². The van der Waals surface area contributed by atoms with Gasteiger partial charge in [0.05, 0.1) is 25.4 Å². The molecule has 0 aliphatic carbocycles. The number of nitrogens with one attached hydrogen (secondary N) is 1. The second-order valence-corrected chi connectivity index (χ2v) is 6.99. The Morgan fingerprint density at radius 1 is 1.24 bits per heavy atom. The first-order valence-electron chi connectivity index (χ1n) is 10.1. The van der Waals surface area contributed by atoms with Crippen LogP contribution in [-0.4, -0.2) is 55.9 Å². The van der Waals surface area contributed by atoms with E-state index in [4.69, 9.17) is 14.2 Å². The summed E-state index contributed by atoms with van der Waals surface area (Å²) in [7, 11) is 0. The van der Waals surface area contributed by atoms with Crippen LogP contribution in [0, 0.1) is 11.3 Å². The molecule has 0 aromatic heterocycles. The fraction of sp³-hybridized carbons (Fsp3) is 0.545. The minimum Gasteiger partial charge on any atom is -0.490 e. The topological polar surface area (TPSA) is 83.8 Å². The van der Waals surface area contributed by atoms with E-state index in [1.807, 2.05) is 52.0 Å². The second kappa shape index (κ2) is 11.3. The molecule has 158 valence electrons. The number of hydrogen-bond acceptors (Lipinski definition) is 6. The monoisotopic (exact) mass is 401 g/mol. The minimum atomic E-state index is -0.262. The first-order chi connectivity index (χ1) is 14.0. The van der Waals surface area contributed by atoms with E-state index in [-0.39, 0.29) is 23.7 Å². The van der Waals surface area contributed by atoms with E-state index in [1.165, 1.54) is 6.20 Å². The molecule has 1 amide bonds. The van der Waals surface area contributed by atoms with Crippen LogP contribution < -0.4 is 14.8 Å². The Morgan fingerprint density at radius 2 is 1.90 bits per heavy atom. The molecular weight excluding hydrogens is 370 g/mol. The standard InChI is InChI=1S/C22H31N3O4/c1-5-27-20-8-7-18(11-21(20)28-6-2)9-10-24-13-19(12-23)22(26)25-14-16(3)29-17(4)15-25/h7-8,11,13,16-17,24H,5-6,9-10,14-15H2,1-4H3/b19-13-. The molecule has 1 aliphatic rings. The van der Waals surface area contributed by atoms with Gasteiger partial charge in [-0.05, 0) is 51.8 Å². The maximum absolute atomic E-state index is 12.6. The molecule has 0 saturated carbocycles. The lowest BCUT2D eigenvalue weighted by Gasteiger charge is -2.35. The van der Waals surface area contributed by atoms with Crippen molar-refractivity contribution in [2.24, 2.45) is 0 Å². The van der Waals surface area contributed by atoms with Gasteiger partial charge in [0.15, 0.2) is 11.5 Å². The predicted octanol–water partition coefficient (Wildman–Crippen LogP) is 2.66. The number of amides is 1. The normalized spacial score (nSPS) is 19.4. The molecule has 0 spiro atoms. The van der Waals surface area contributed by atoms with E-state index in [1.54, 1.807) is 4.90 Å². The first kappa shape index (κ1) is 22.6. The Bertz CT molecular complexity index is 747. The molecule has 1 heterocycles. The van der Waals surface area contributed by atoms with Crippen LogP contribution in [-0.2, 0) is 16.0 Å². The Hall–Kier alpha value is -2.72. The van der Waals surface area contributed by atoms with Gasteiger partial charge in [0.2, 0.25) is 0 Å². The van der Waals surface area contributed by atoms with Crippen molar-refractivity contribution < 1.29 is 19.0 Å². The third-order valence-corrected chi connectivity index (χ3v) is 4.47. The molecule has 1 aromatic rings. The predicted molar refractivity (Wildman–Crippen MR) is 111 cm³/mol. The highest BCUT2D eigenvalue weighted by atomic mass is 16.5. The minimum absolute atomic E-state index is 0.0326. The van der Waals surface area contributed by atoms with Crippen LogP contribution in [0.5, 0.6) is 11.5 Å². The largest absolute Gasteiger partial charge is 0.490 e. The number of nitrogens with zero attached hydrogens (tertiary/aromatic N) is 2. The molecule has 1 fully saturated rings. The van der Waals surface area contributed by atoms with Crippen LogP contribution in [0.3, 0.4) is 0 Å². The van der Waals surface area contributed by atoms with E-state index >= 15 is 0 Å². The summed E-state index contributed by atoms with van der Waals surface area (Å²) >= 11 is 0. The number of ether oxygens (including phenoxy) is 3. The van der Waals surface area contributed by atoms with E-state index in [9.17, 15) is 10.1 Å². The maximum atomic E-state index is 12.6. The number of rotatable bonds is 9. The highest BCUT2D eigenvalue weighted by Crippen LogP contribution is 2.28. The summed E-state index contributed by atoms with van der Waals surface area (Å²) in [4.78, 5) is 14.3. The number of hydrogen-bond donors (Lipinski definition) is 1. The molecule has 1 aliphatic heterocycles. The average molecular weight is 402 g/mol. The van der Waals surface area contributed by atoms with E-state index < -0.39 is 0 Å². The lowest BCUT2D eigenvalue weighted by molar-refractivity contribution is -0.138. The van der Waals surface area contributed by atoms with Crippen LogP contribution in [0.15, 0.2) is 30.0 Å². The van der Waals surface area contributed by atoms with Crippen molar-refractivity contribution in [3.8, 4) is 17.6 Å². The molecule has 1 saturated heterocycles. The lowest BCUT2D eigenvalue weighted by Crippen LogP contribution is -2.48. The number of carbonyl (C=O) groups is 1. The summed E-state index contributed by atoms with van der Waals surface area (Å²) in [6.07, 6.45) is 2.16. The quantitative estimate of drug-likeness (QED) is 0.389. The molecule has 29 heavy (non-hydrogen) atoms. The molecule has 2 unspecified atom stereocenters. The molecule has 1 N–H and O–H groups in total. The molecule has 0 radical (unpaired) electrons. The van der Waals surface area contributed by atoms with Crippen molar-refractivity contribution in [1.29, 1.82) is 5.26 Å². The molecular formula is C22H31N3O4. The molecule has 1 aromatic carbocycles. The number of nitriles is 1. The van der Waals surface area contributed by atoms with Crippen molar-refractivity contribution in [2.45, 2.75) is 46.3 Å². The van der Waals surface area contributed by atoms with Gasteiger partial charge in [-0.1, -0.05) is 6.07 Å². The van der Waals surface area contributed by atoms with Crippen molar-refractivity contribution in [1.82, 2.24) is 10.2 Å². The zero-order valence-corrected chi connectivity index (χ0v) is 17.7.